The predicted octanol–water partition coefficient (Wildman–Crippen LogP) is 3.05. The SMILES string of the molecule is C[C@@H]1CN(Cc2cccc(NC(=O)Nc3cccnc3)c2F)C[C@H](C)N1. The molecule has 0 bridgehead atoms. The summed E-state index contributed by atoms with van der Waals surface area (Å²) in [6.07, 6.45) is 3.14. The Kier molecular flexibility index (Phi) is 5.80. The highest BCUT2D eigenvalue weighted by Crippen LogP contribution is 2.21. The molecule has 0 spiro atoms. The molecule has 2 atom stereocenters. The Morgan fingerprint density at radius 2 is 2.00 bits per heavy atom. The number of amides is 2. The molecule has 138 valence electrons. The molecule has 1 fully saturated rings. The van der Waals surface area contributed by atoms with E-state index in [9.17, 15) is 9.18 Å². The molecule has 0 radical (unpaired) electrons. The standard InChI is InChI=1S/C19H24FN5O/c1-13-10-25(11-14(2)22-13)12-15-5-3-7-17(18(15)20)24-19(26)23-16-6-4-8-21-9-16/h3-9,13-14,22H,10-12H2,1-2H3,(H2,23,24,26)/t13-,14+. The van der Waals surface area contributed by atoms with E-state index in [0.717, 1.165) is 13.1 Å². The van der Waals surface area contributed by atoms with Crippen LogP contribution in [0.5, 0.6) is 0 Å². The van der Waals surface area contributed by atoms with Gasteiger partial charge in [0.25, 0.3) is 0 Å². The van der Waals surface area contributed by atoms with Crippen molar-refractivity contribution in [1.29, 1.82) is 0 Å². The molecule has 1 aromatic carbocycles. The van der Waals surface area contributed by atoms with Gasteiger partial charge in [-0.05, 0) is 32.0 Å². The normalized spacial score (nSPS) is 20.6. The summed E-state index contributed by atoms with van der Waals surface area (Å²) < 4.78 is 14.8. The van der Waals surface area contributed by atoms with Crippen molar-refractivity contribution in [1.82, 2.24) is 15.2 Å². The third kappa shape index (κ3) is 4.77. The molecule has 7 heteroatoms. The number of hydrogen-bond donors (Lipinski definition) is 3. The second-order valence-electron chi connectivity index (χ2n) is 6.76. The Hall–Kier alpha value is -2.51. The van der Waals surface area contributed by atoms with Crippen LogP contribution in [0.1, 0.15) is 19.4 Å². The average molecular weight is 357 g/mol. The Balaban J connectivity index is 1.66. The van der Waals surface area contributed by atoms with Gasteiger partial charge in [-0.3, -0.25) is 9.88 Å². The number of anilines is 2. The number of pyridine rings is 1. The first-order valence-corrected chi connectivity index (χ1v) is 8.75. The molecule has 3 rings (SSSR count). The van der Waals surface area contributed by atoms with Crippen molar-refractivity contribution < 1.29 is 9.18 Å². The predicted molar refractivity (Wildman–Crippen MR) is 101 cm³/mol. The third-order valence-corrected chi connectivity index (χ3v) is 4.27. The van der Waals surface area contributed by atoms with Crippen LogP contribution < -0.4 is 16.0 Å². The molecule has 26 heavy (non-hydrogen) atoms. The van der Waals surface area contributed by atoms with E-state index in [1.807, 2.05) is 0 Å². The minimum Gasteiger partial charge on any atom is -0.309 e. The molecule has 0 unspecified atom stereocenters. The molecule has 2 aromatic rings. The van der Waals surface area contributed by atoms with Crippen LogP contribution in [0, 0.1) is 5.82 Å². The van der Waals surface area contributed by atoms with Crippen LogP contribution >= 0.6 is 0 Å². The number of nitrogens with one attached hydrogen (secondary N) is 3. The summed E-state index contributed by atoms with van der Waals surface area (Å²) in [6.45, 7) is 6.49. The number of benzene rings is 1. The van der Waals surface area contributed by atoms with E-state index < -0.39 is 11.8 Å². The smallest absolute Gasteiger partial charge is 0.309 e. The van der Waals surface area contributed by atoms with E-state index in [1.165, 1.54) is 6.20 Å². The number of aromatic nitrogens is 1. The first kappa shape index (κ1) is 18.3. The van der Waals surface area contributed by atoms with E-state index in [0.29, 0.717) is 29.9 Å². The molecule has 6 nitrogen and oxygen atoms in total. The zero-order valence-corrected chi connectivity index (χ0v) is 15.0. The number of halogens is 1. The molecule has 1 aliphatic rings. The first-order valence-electron chi connectivity index (χ1n) is 8.75. The van der Waals surface area contributed by atoms with Crippen LogP contribution in [0.2, 0.25) is 0 Å². The van der Waals surface area contributed by atoms with Crippen LogP contribution in [0.3, 0.4) is 0 Å². The van der Waals surface area contributed by atoms with Crippen LogP contribution in [0.4, 0.5) is 20.6 Å². The van der Waals surface area contributed by atoms with Crippen LogP contribution in [0.15, 0.2) is 42.7 Å². The molecule has 2 amide bonds. The summed E-state index contributed by atoms with van der Waals surface area (Å²) >= 11 is 0. The lowest BCUT2D eigenvalue weighted by atomic mass is 10.1. The van der Waals surface area contributed by atoms with Gasteiger partial charge in [0, 0.05) is 43.5 Å². The summed E-state index contributed by atoms with van der Waals surface area (Å²) in [4.78, 5) is 18.2. The molecule has 1 aliphatic heterocycles. The number of piperazine rings is 1. The van der Waals surface area contributed by atoms with Gasteiger partial charge in [-0.15, -0.1) is 0 Å². The maximum atomic E-state index is 14.8. The molecule has 0 aliphatic carbocycles. The van der Waals surface area contributed by atoms with Crippen molar-refractivity contribution in [3.05, 3.63) is 54.1 Å². The fraction of sp³-hybridized carbons (Fsp3) is 0.368. The van der Waals surface area contributed by atoms with Gasteiger partial charge >= 0.3 is 6.03 Å². The lowest BCUT2D eigenvalue weighted by Gasteiger charge is -2.36. The summed E-state index contributed by atoms with van der Waals surface area (Å²) in [6, 6.07) is 8.74. The van der Waals surface area contributed by atoms with Gasteiger partial charge < -0.3 is 16.0 Å². The maximum Gasteiger partial charge on any atom is 0.323 e. The molecular weight excluding hydrogens is 333 g/mol. The Morgan fingerprint density at radius 3 is 2.69 bits per heavy atom. The van der Waals surface area contributed by atoms with Crippen molar-refractivity contribution in [2.75, 3.05) is 23.7 Å². The largest absolute Gasteiger partial charge is 0.323 e. The van der Waals surface area contributed by atoms with Gasteiger partial charge in [0.05, 0.1) is 17.6 Å². The Bertz CT molecular complexity index is 745. The van der Waals surface area contributed by atoms with Crippen molar-refractivity contribution in [3.63, 3.8) is 0 Å². The monoisotopic (exact) mass is 357 g/mol. The Labute approximate surface area is 152 Å². The molecule has 0 saturated carbocycles. The molecule has 3 N–H and O–H groups in total. The van der Waals surface area contributed by atoms with Gasteiger partial charge in [-0.2, -0.15) is 0 Å². The van der Waals surface area contributed by atoms with Crippen LogP contribution in [-0.4, -0.2) is 41.1 Å². The zero-order valence-electron chi connectivity index (χ0n) is 15.0. The fourth-order valence-corrected chi connectivity index (χ4v) is 3.33. The van der Waals surface area contributed by atoms with Gasteiger partial charge in [0.1, 0.15) is 0 Å². The lowest BCUT2D eigenvalue weighted by Crippen LogP contribution is -2.53. The van der Waals surface area contributed by atoms with Gasteiger partial charge in [0.15, 0.2) is 5.82 Å². The van der Waals surface area contributed by atoms with Crippen molar-refractivity contribution >= 4 is 17.4 Å². The van der Waals surface area contributed by atoms with E-state index in [2.05, 4.69) is 39.7 Å². The van der Waals surface area contributed by atoms with E-state index in [1.54, 1.807) is 36.5 Å². The number of carbonyl (C=O) groups is 1. The van der Waals surface area contributed by atoms with E-state index in [-0.39, 0.29) is 5.69 Å². The van der Waals surface area contributed by atoms with Crippen LogP contribution in [-0.2, 0) is 6.54 Å². The van der Waals surface area contributed by atoms with E-state index >= 15 is 0 Å². The van der Waals surface area contributed by atoms with Crippen molar-refractivity contribution in [2.24, 2.45) is 0 Å². The fourth-order valence-electron chi connectivity index (χ4n) is 3.33. The van der Waals surface area contributed by atoms with Crippen LogP contribution in [0.25, 0.3) is 0 Å². The summed E-state index contributed by atoms with van der Waals surface area (Å²) in [5, 5.41) is 8.67. The minimum atomic E-state index is -0.501. The average Bonchev–Trinajstić information content (AvgIpc) is 2.58. The number of rotatable bonds is 4. The second-order valence-corrected chi connectivity index (χ2v) is 6.76. The highest BCUT2D eigenvalue weighted by molar-refractivity contribution is 5.99. The molecule has 2 heterocycles. The molecular formula is C19H24FN5O. The highest BCUT2D eigenvalue weighted by atomic mass is 19.1. The van der Waals surface area contributed by atoms with Gasteiger partial charge in [0.2, 0.25) is 0 Å². The number of carbonyl (C=O) groups excluding carboxylic acids is 1. The van der Waals surface area contributed by atoms with Gasteiger partial charge in [-0.25, -0.2) is 9.18 Å². The molecule has 1 aromatic heterocycles. The lowest BCUT2D eigenvalue weighted by molar-refractivity contribution is 0.165. The summed E-state index contributed by atoms with van der Waals surface area (Å²) in [5.74, 6) is -0.396. The first-order chi connectivity index (χ1) is 12.5. The number of urea groups is 1. The second kappa shape index (κ2) is 8.25. The Morgan fingerprint density at radius 1 is 1.23 bits per heavy atom. The maximum absolute atomic E-state index is 14.8. The molecule has 1 saturated heterocycles. The van der Waals surface area contributed by atoms with Gasteiger partial charge in [-0.1, -0.05) is 12.1 Å². The number of nitrogens with zero attached hydrogens (tertiary/aromatic N) is 2. The van der Waals surface area contributed by atoms with E-state index in [4.69, 9.17) is 0 Å². The highest BCUT2D eigenvalue weighted by Gasteiger charge is 2.22. The van der Waals surface area contributed by atoms with Crippen molar-refractivity contribution in [3.8, 4) is 0 Å². The zero-order chi connectivity index (χ0) is 18.5. The minimum absolute atomic E-state index is 0.167. The topological polar surface area (TPSA) is 69.3 Å². The van der Waals surface area contributed by atoms with Crippen molar-refractivity contribution in [2.45, 2.75) is 32.5 Å². The quantitative estimate of drug-likeness (QED) is 0.787. The summed E-state index contributed by atoms with van der Waals surface area (Å²) in [7, 11) is 0. The summed E-state index contributed by atoms with van der Waals surface area (Å²) in [5.41, 5.74) is 1.29. The third-order valence-electron chi connectivity index (χ3n) is 4.27. The number of hydrogen-bond acceptors (Lipinski definition) is 4.